The third-order valence-corrected chi connectivity index (χ3v) is 4.92. The van der Waals surface area contributed by atoms with Gasteiger partial charge in [-0.05, 0) is 37.1 Å². The quantitative estimate of drug-likeness (QED) is 0.770. The van der Waals surface area contributed by atoms with Gasteiger partial charge in [0.25, 0.3) is 5.91 Å². The van der Waals surface area contributed by atoms with Gasteiger partial charge in [-0.15, -0.1) is 0 Å². The van der Waals surface area contributed by atoms with Crippen molar-refractivity contribution in [1.82, 2.24) is 25.1 Å². The second-order valence-electron chi connectivity index (χ2n) is 6.59. The predicted octanol–water partition coefficient (Wildman–Crippen LogP) is 2.90. The summed E-state index contributed by atoms with van der Waals surface area (Å²) in [5, 5.41) is 7.20. The highest BCUT2D eigenvalue weighted by Gasteiger charge is 2.27. The first kappa shape index (κ1) is 17.2. The Morgan fingerprint density at radius 1 is 1.30 bits per heavy atom. The standard InChI is InChI=1S/C20H21N5O2/c1-27-19-7-3-2-6-15(19)17-11-18(24-23-17)20(26)25-10-4-5-14(12-25)16-8-9-21-13-22-16/h2-3,6-9,11,13-14H,4-5,10,12H2,1H3,(H,23,24)/t14-/m1/s1. The number of amides is 1. The number of nitrogens with zero attached hydrogens (tertiary/aromatic N) is 4. The maximum absolute atomic E-state index is 13.0. The number of hydrogen-bond donors (Lipinski definition) is 1. The maximum Gasteiger partial charge on any atom is 0.271 e. The number of aromatic amines is 1. The van der Waals surface area contributed by atoms with Crippen LogP contribution in [0.5, 0.6) is 5.75 Å². The number of carbonyl (C=O) groups excluding carboxylic acids is 1. The van der Waals surface area contributed by atoms with Crippen molar-refractivity contribution in [3.8, 4) is 17.0 Å². The lowest BCUT2D eigenvalue weighted by Gasteiger charge is -2.32. The molecule has 0 unspecified atom stereocenters. The normalized spacial score (nSPS) is 16.9. The highest BCUT2D eigenvalue weighted by molar-refractivity contribution is 5.93. The largest absolute Gasteiger partial charge is 0.496 e. The Kier molecular flexibility index (Phi) is 4.82. The van der Waals surface area contributed by atoms with E-state index in [-0.39, 0.29) is 11.8 Å². The Balaban J connectivity index is 1.52. The Bertz CT molecular complexity index is 925. The number of nitrogens with one attached hydrogen (secondary N) is 1. The van der Waals surface area contributed by atoms with E-state index in [4.69, 9.17) is 4.74 Å². The summed E-state index contributed by atoms with van der Waals surface area (Å²) in [6.07, 6.45) is 5.28. The Labute approximate surface area is 157 Å². The third-order valence-electron chi connectivity index (χ3n) is 4.92. The predicted molar refractivity (Wildman–Crippen MR) is 100 cm³/mol. The van der Waals surface area contributed by atoms with Crippen LogP contribution >= 0.6 is 0 Å². The van der Waals surface area contributed by atoms with Crippen LogP contribution in [-0.2, 0) is 0 Å². The minimum atomic E-state index is -0.0394. The van der Waals surface area contributed by atoms with Gasteiger partial charge in [0.2, 0.25) is 0 Å². The number of piperidine rings is 1. The zero-order valence-electron chi connectivity index (χ0n) is 15.1. The molecule has 0 aliphatic carbocycles. The lowest BCUT2D eigenvalue weighted by atomic mass is 9.94. The smallest absolute Gasteiger partial charge is 0.271 e. The number of methoxy groups -OCH3 is 1. The number of aromatic nitrogens is 4. The van der Waals surface area contributed by atoms with E-state index in [1.54, 1.807) is 25.7 Å². The fraction of sp³-hybridized carbons (Fsp3) is 0.300. The van der Waals surface area contributed by atoms with Crippen molar-refractivity contribution in [2.75, 3.05) is 20.2 Å². The minimum absolute atomic E-state index is 0.0394. The molecule has 0 spiro atoms. The molecule has 138 valence electrons. The Hall–Kier alpha value is -3.22. The van der Waals surface area contributed by atoms with Crippen LogP contribution in [0.15, 0.2) is 48.9 Å². The van der Waals surface area contributed by atoms with Crippen molar-refractivity contribution >= 4 is 5.91 Å². The van der Waals surface area contributed by atoms with Crippen LogP contribution in [0, 0.1) is 0 Å². The summed E-state index contributed by atoms with van der Waals surface area (Å²) in [5.74, 6) is 0.925. The molecule has 27 heavy (non-hydrogen) atoms. The maximum atomic E-state index is 13.0. The van der Waals surface area contributed by atoms with E-state index in [1.807, 2.05) is 35.2 Å². The molecule has 1 aromatic carbocycles. The molecule has 0 saturated carbocycles. The third kappa shape index (κ3) is 3.53. The number of rotatable bonds is 4. The average molecular weight is 363 g/mol. The van der Waals surface area contributed by atoms with E-state index in [1.165, 1.54) is 0 Å². The van der Waals surface area contributed by atoms with E-state index in [9.17, 15) is 4.79 Å². The summed E-state index contributed by atoms with van der Waals surface area (Å²) < 4.78 is 5.39. The van der Waals surface area contributed by atoms with Gasteiger partial charge in [0.15, 0.2) is 0 Å². The number of H-pyrrole nitrogens is 1. The van der Waals surface area contributed by atoms with Crippen LogP contribution < -0.4 is 4.74 Å². The van der Waals surface area contributed by atoms with Gasteiger partial charge in [-0.3, -0.25) is 9.89 Å². The van der Waals surface area contributed by atoms with Crippen molar-refractivity contribution in [1.29, 1.82) is 0 Å². The fourth-order valence-corrected chi connectivity index (χ4v) is 3.54. The Morgan fingerprint density at radius 3 is 3.00 bits per heavy atom. The number of benzene rings is 1. The zero-order valence-corrected chi connectivity index (χ0v) is 15.1. The monoisotopic (exact) mass is 363 g/mol. The van der Waals surface area contributed by atoms with Crippen molar-refractivity contribution in [3.05, 3.63) is 60.3 Å². The van der Waals surface area contributed by atoms with Crippen LogP contribution in [0.25, 0.3) is 11.3 Å². The molecule has 1 aliphatic rings. The molecule has 1 saturated heterocycles. The Morgan fingerprint density at radius 2 is 2.19 bits per heavy atom. The molecule has 7 nitrogen and oxygen atoms in total. The van der Waals surface area contributed by atoms with Gasteiger partial charge in [0.1, 0.15) is 17.8 Å². The van der Waals surface area contributed by atoms with Crippen LogP contribution in [0.4, 0.5) is 0 Å². The molecule has 2 aromatic heterocycles. The number of carbonyl (C=O) groups is 1. The molecule has 3 aromatic rings. The summed E-state index contributed by atoms with van der Waals surface area (Å²) in [7, 11) is 1.62. The number of para-hydroxylation sites is 1. The molecule has 1 aliphatic heterocycles. The summed E-state index contributed by atoms with van der Waals surface area (Å²) in [4.78, 5) is 23.2. The highest BCUT2D eigenvalue weighted by Crippen LogP contribution is 2.29. The van der Waals surface area contributed by atoms with Crippen LogP contribution in [0.3, 0.4) is 0 Å². The lowest BCUT2D eigenvalue weighted by molar-refractivity contribution is 0.0700. The van der Waals surface area contributed by atoms with E-state index >= 15 is 0 Å². The van der Waals surface area contributed by atoms with Crippen molar-refractivity contribution in [2.24, 2.45) is 0 Å². The average Bonchev–Trinajstić information content (AvgIpc) is 3.24. The highest BCUT2D eigenvalue weighted by atomic mass is 16.5. The first-order valence-corrected chi connectivity index (χ1v) is 9.00. The molecule has 1 atom stereocenters. The van der Waals surface area contributed by atoms with Crippen molar-refractivity contribution in [3.63, 3.8) is 0 Å². The second-order valence-corrected chi connectivity index (χ2v) is 6.59. The summed E-state index contributed by atoms with van der Waals surface area (Å²) in [6.45, 7) is 1.39. The van der Waals surface area contributed by atoms with Crippen LogP contribution in [0.2, 0.25) is 0 Å². The van der Waals surface area contributed by atoms with Crippen molar-refractivity contribution in [2.45, 2.75) is 18.8 Å². The van der Waals surface area contributed by atoms with Gasteiger partial charge in [0, 0.05) is 36.5 Å². The number of hydrogen-bond acceptors (Lipinski definition) is 5. The molecule has 1 N–H and O–H groups in total. The first-order valence-electron chi connectivity index (χ1n) is 9.00. The van der Waals surface area contributed by atoms with E-state index < -0.39 is 0 Å². The first-order chi connectivity index (χ1) is 13.3. The summed E-state index contributed by atoms with van der Waals surface area (Å²) >= 11 is 0. The number of likely N-dealkylation sites (tertiary alicyclic amines) is 1. The van der Waals surface area contributed by atoms with Crippen LogP contribution in [-0.4, -0.2) is 51.2 Å². The van der Waals surface area contributed by atoms with Gasteiger partial charge in [-0.25, -0.2) is 9.97 Å². The van der Waals surface area contributed by atoms with E-state index in [0.717, 1.165) is 36.4 Å². The topological polar surface area (TPSA) is 84.0 Å². The van der Waals surface area contributed by atoms with E-state index in [0.29, 0.717) is 17.9 Å². The molecule has 0 radical (unpaired) electrons. The second kappa shape index (κ2) is 7.57. The summed E-state index contributed by atoms with van der Waals surface area (Å²) in [5.41, 5.74) is 3.02. The molecule has 4 rings (SSSR count). The van der Waals surface area contributed by atoms with Gasteiger partial charge in [0.05, 0.1) is 12.8 Å². The van der Waals surface area contributed by atoms with Gasteiger partial charge in [-0.2, -0.15) is 5.10 Å². The fourth-order valence-electron chi connectivity index (χ4n) is 3.54. The molecular weight excluding hydrogens is 342 g/mol. The van der Waals surface area contributed by atoms with Gasteiger partial charge >= 0.3 is 0 Å². The number of ether oxygens (including phenoxy) is 1. The van der Waals surface area contributed by atoms with Gasteiger partial charge < -0.3 is 9.64 Å². The van der Waals surface area contributed by atoms with Crippen molar-refractivity contribution < 1.29 is 9.53 Å². The SMILES string of the molecule is COc1ccccc1-c1cc(C(=O)N2CCC[C@@H](c3ccncn3)C2)[nH]n1. The molecule has 7 heteroatoms. The molecule has 1 amide bonds. The van der Waals surface area contributed by atoms with Gasteiger partial charge in [-0.1, -0.05) is 12.1 Å². The molecule has 1 fully saturated rings. The zero-order chi connectivity index (χ0) is 18.6. The molecule has 0 bridgehead atoms. The van der Waals surface area contributed by atoms with Crippen LogP contribution in [0.1, 0.15) is 34.9 Å². The minimum Gasteiger partial charge on any atom is -0.496 e. The molecule has 3 heterocycles. The lowest BCUT2D eigenvalue weighted by Crippen LogP contribution is -2.39. The van der Waals surface area contributed by atoms with E-state index in [2.05, 4.69) is 20.2 Å². The molecular formula is C20H21N5O2. The summed E-state index contributed by atoms with van der Waals surface area (Å²) in [6, 6.07) is 11.3.